The van der Waals surface area contributed by atoms with Gasteiger partial charge >= 0.3 is 0 Å². The first-order valence-corrected chi connectivity index (χ1v) is 8.96. The summed E-state index contributed by atoms with van der Waals surface area (Å²) in [5.74, 6) is 0.853. The third-order valence-electron chi connectivity index (χ3n) is 4.33. The minimum absolute atomic E-state index is 0.0217. The molecule has 1 fully saturated rings. The number of sulfone groups is 1. The lowest BCUT2D eigenvalue weighted by Crippen LogP contribution is -2.44. The molecule has 21 heavy (non-hydrogen) atoms. The van der Waals surface area contributed by atoms with E-state index < -0.39 is 9.84 Å². The average Bonchev–Trinajstić information content (AvgIpc) is 2.85. The number of hydrogen-bond acceptors (Lipinski definition) is 4. The number of ether oxygens (including phenoxy) is 1. The number of fused-ring (bicyclic) bond motifs is 1. The minimum Gasteiger partial charge on any atom is -0.492 e. The SMILES string of the molecule is CN(C(=O)[C@@H]1COc2ccccc2C1)[C@H]1CCS(=O)(=O)C1. The summed E-state index contributed by atoms with van der Waals surface area (Å²) in [5.41, 5.74) is 1.04. The second kappa shape index (κ2) is 5.33. The third kappa shape index (κ3) is 2.90. The summed E-state index contributed by atoms with van der Waals surface area (Å²) in [5, 5.41) is 0. The van der Waals surface area contributed by atoms with Gasteiger partial charge in [-0.1, -0.05) is 18.2 Å². The summed E-state index contributed by atoms with van der Waals surface area (Å²) >= 11 is 0. The largest absolute Gasteiger partial charge is 0.492 e. The highest BCUT2D eigenvalue weighted by molar-refractivity contribution is 7.91. The molecule has 0 saturated carbocycles. The molecule has 2 aliphatic rings. The molecule has 2 aliphatic heterocycles. The van der Waals surface area contributed by atoms with Gasteiger partial charge in [0.25, 0.3) is 0 Å². The predicted molar refractivity (Wildman–Crippen MR) is 79.0 cm³/mol. The number of hydrogen-bond donors (Lipinski definition) is 0. The molecule has 1 saturated heterocycles. The lowest BCUT2D eigenvalue weighted by molar-refractivity contribution is -0.137. The van der Waals surface area contributed by atoms with Gasteiger partial charge in [-0.25, -0.2) is 8.42 Å². The fourth-order valence-corrected chi connectivity index (χ4v) is 4.81. The van der Waals surface area contributed by atoms with Gasteiger partial charge in [0.15, 0.2) is 9.84 Å². The molecule has 2 atom stereocenters. The Bertz CT molecular complexity index is 655. The first-order valence-electron chi connectivity index (χ1n) is 7.14. The molecule has 1 amide bonds. The van der Waals surface area contributed by atoms with Crippen molar-refractivity contribution in [2.45, 2.75) is 18.9 Å². The summed E-state index contributed by atoms with van der Waals surface area (Å²) in [6.45, 7) is 0.361. The number of rotatable bonds is 2. The van der Waals surface area contributed by atoms with Crippen molar-refractivity contribution in [2.75, 3.05) is 25.2 Å². The second-order valence-electron chi connectivity index (χ2n) is 5.83. The minimum atomic E-state index is -2.98. The van der Waals surface area contributed by atoms with Gasteiger partial charge in [0.2, 0.25) is 5.91 Å². The van der Waals surface area contributed by atoms with Crippen LogP contribution in [0, 0.1) is 5.92 Å². The van der Waals surface area contributed by atoms with Gasteiger partial charge in [-0.2, -0.15) is 0 Å². The summed E-state index contributed by atoms with van der Waals surface area (Å²) in [6, 6.07) is 7.52. The zero-order valence-electron chi connectivity index (χ0n) is 12.0. The van der Waals surface area contributed by atoms with E-state index in [4.69, 9.17) is 4.74 Å². The number of carbonyl (C=O) groups excluding carboxylic acids is 1. The molecule has 6 heteroatoms. The summed E-state index contributed by atoms with van der Waals surface area (Å²) in [6.07, 6.45) is 1.19. The van der Waals surface area contributed by atoms with Gasteiger partial charge in [-0.15, -0.1) is 0 Å². The smallest absolute Gasteiger partial charge is 0.229 e. The summed E-state index contributed by atoms with van der Waals surface area (Å²) < 4.78 is 28.7. The van der Waals surface area contributed by atoms with E-state index in [1.807, 2.05) is 24.3 Å². The van der Waals surface area contributed by atoms with Crippen molar-refractivity contribution in [1.82, 2.24) is 4.90 Å². The van der Waals surface area contributed by atoms with Crippen LogP contribution in [0.25, 0.3) is 0 Å². The number of carbonyl (C=O) groups is 1. The van der Waals surface area contributed by atoms with Gasteiger partial charge in [0.05, 0.1) is 17.4 Å². The molecule has 5 nitrogen and oxygen atoms in total. The Balaban J connectivity index is 1.69. The quantitative estimate of drug-likeness (QED) is 0.814. The maximum atomic E-state index is 12.6. The van der Waals surface area contributed by atoms with Crippen LogP contribution < -0.4 is 4.74 Å². The molecule has 0 bridgehead atoms. The van der Waals surface area contributed by atoms with Crippen molar-refractivity contribution >= 4 is 15.7 Å². The van der Waals surface area contributed by atoms with E-state index in [1.54, 1.807) is 11.9 Å². The van der Waals surface area contributed by atoms with Crippen LogP contribution >= 0.6 is 0 Å². The molecule has 114 valence electrons. The molecule has 3 rings (SSSR count). The number of nitrogens with zero attached hydrogens (tertiary/aromatic N) is 1. The van der Waals surface area contributed by atoms with E-state index in [-0.39, 0.29) is 29.4 Å². The molecule has 0 spiro atoms. The van der Waals surface area contributed by atoms with Crippen molar-refractivity contribution in [2.24, 2.45) is 5.92 Å². The van der Waals surface area contributed by atoms with Gasteiger partial charge in [-0.05, 0) is 24.5 Å². The van der Waals surface area contributed by atoms with Crippen LogP contribution in [-0.2, 0) is 21.1 Å². The van der Waals surface area contributed by atoms with E-state index in [0.29, 0.717) is 19.4 Å². The molecule has 0 unspecified atom stereocenters. The van der Waals surface area contributed by atoms with Crippen LogP contribution in [0.5, 0.6) is 5.75 Å². The number of amides is 1. The van der Waals surface area contributed by atoms with Gasteiger partial charge in [-0.3, -0.25) is 4.79 Å². The first kappa shape index (κ1) is 14.4. The highest BCUT2D eigenvalue weighted by Crippen LogP contribution is 2.28. The van der Waals surface area contributed by atoms with E-state index in [9.17, 15) is 13.2 Å². The van der Waals surface area contributed by atoms with E-state index in [1.165, 1.54) is 0 Å². The molecule has 1 aromatic rings. The third-order valence-corrected chi connectivity index (χ3v) is 6.08. The van der Waals surface area contributed by atoms with Crippen LogP contribution in [0.1, 0.15) is 12.0 Å². The Kier molecular flexibility index (Phi) is 3.65. The second-order valence-corrected chi connectivity index (χ2v) is 8.05. The Morgan fingerprint density at radius 3 is 2.81 bits per heavy atom. The molecule has 2 heterocycles. The maximum Gasteiger partial charge on any atom is 0.229 e. The molecule has 0 aliphatic carbocycles. The number of para-hydroxylation sites is 1. The topological polar surface area (TPSA) is 63.7 Å². The van der Waals surface area contributed by atoms with E-state index >= 15 is 0 Å². The normalized spacial score (nSPS) is 26.7. The van der Waals surface area contributed by atoms with Crippen LogP contribution in [-0.4, -0.2) is 50.4 Å². The predicted octanol–water partition coefficient (Wildman–Crippen LogP) is 0.883. The fraction of sp³-hybridized carbons (Fsp3) is 0.533. The lowest BCUT2D eigenvalue weighted by Gasteiger charge is -2.31. The van der Waals surface area contributed by atoms with Crippen molar-refractivity contribution in [3.8, 4) is 5.75 Å². The van der Waals surface area contributed by atoms with Crippen molar-refractivity contribution in [3.05, 3.63) is 29.8 Å². The van der Waals surface area contributed by atoms with Crippen molar-refractivity contribution < 1.29 is 17.9 Å². The van der Waals surface area contributed by atoms with Gasteiger partial charge in [0, 0.05) is 13.1 Å². The standard InChI is InChI=1S/C15H19NO4S/c1-16(13-6-7-21(18,19)10-13)15(17)12-8-11-4-2-3-5-14(11)20-9-12/h2-5,12-13H,6-10H2,1H3/t12-,13-/m0/s1. The summed E-state index contributed by atoms with van der Waals surface area (Å²) in [7, 11) is -1.28. The monoisotopic (exact) mass is 309 g/mol. The fourth-order valence-electron chi connectivity index (χ4n) is 3.04. The zero-order valence-corrected chi connectivity index (χ0v) is 12.8. The molecule has 0 radical (unpaired) electrons. The van der Waals surface area contributed by atoms with E-state index in [2.05, 4.69) is 0 Å². The van der Waals surface area contributed by atoms with Crippen LogP contribution in [0.4, 0.5) is 0 Å². The highest BCUT2D eigenvalue weighted by atomic mass is 32.2. The Morgan fingerprint density at radius 1 is 1.33 bits per heavy atom. The Hall–Kier alpha value is -1.56. The molecule has 1 aromatic carbocycles. The lowest BCUT2D eigenvalue weighted by atomic mass is 9.95. The maximum absolute atomic E-state index is 12.6. The zero-order chi connectivity index (χ0) is 15.0. The number of benzene rings is 1. The van der Waals surface area contributed by atoms with Crippen molar-refractivity contribution in [3.63, 3.8) is 0 Å². The molecular formula is C15H19NO4S. The van der Waals surface area contributed by atoms with Gasteiger partial charge in [0.1, 0.15) is 12.4 Å². The first-order chi connectivity index (χ1) is 9.96. The highest BCUT2D eigenvalue weighted by Gasteiger charge is 2.36. The average molecular weight is 309 g/mol. The molecule has 0 N–H and O–H groups in total. The summed E-state index contributed by atoms with van der Waals surface area (Å²) in [4.78, 5) is 14.2. The Labute approximate surface area is 124 Å². The van der Waals surface area contributed by atoms with Crippen LogP contribution in [0.15, 0.2) is 24.3 Å². The molecule has 0 aromatic heterocycles. The molecular weight excluding hydrogens is 290 g/mol. The van der Waals surface area contributed by atoms with Crippen LogP contribution in [0.3, 0.4) is 0 Å². The van der Waals surface area contributed by atoms with Crippen molar-refractivity contribution in [1.29, 1.82) is 0 Å². The van der Waals surface area contributed by atoms with Gasteiger partial charge < -0.3 is 9.64 Å². The Morgan fingerprint density at radius 2 is 2.10 bits per heavy atom. The van der Waals surface area contributed by atoms with E-state index in [0.717, 1.165) is 11.3 Å². The van der Waals surface area contributed by atoms with Crippen LogP contribution in [0.2, 0.25) is 0 Å².